The Morgan fingerprint density at radius 1 is 1.19 bits per heavy atom. The average molecular weight is 287 g/mol. The van der Waals surface area contributed by atoms with Gasteiger partial charge in [-0.2, -0.15) is 0 Å². The highest BCUT2D eigenvalue weighted by Gasteiger charge is 2.27. The van der Waals surface area contributed by atoms with Gasteiger partial charge in [-0.3, -0.25) is 14.9 Å². The van der Waals surface area contributed by atoms with Crippen molar-refractivity contribution in [2.24, 2.45) is 5.92 Å². The maximum absolute atomic E-state index is 12.2. The van der Waals surface area contributed by atoms with Gasteiger partial charge in [-0.1, -0.05) is 6.92 Å². The van der Waals surface area contributed by atoms with Crippen LogP contribution in [0.5, 0.6) is 0 Å². The lowest BCUT2D eigenvalue weighted by molar-refractivity contribution is 0.0879. The first-order valence-corrected chi connectivity index (χ1v) is 7.10. The summed E-state index contributed by atoms with van der Waals surface area (Å²) in [5, 5.41) is 5.02. The van der Waals surface area contributed by atoms with Gasteiger partial charge in [0.25, 0.3) is 11.8 Å². The molecular formula is C15H17N3O3. The second kappa shape index (κ2) is 5.20. The number of imide groups is 1. The van der Waals surface area contributed by atoms with Gasteiger partial charge in [0.05, 0.1) is 11.1 Å². The molecule has 1 aromatic carbocycles. The normalized spacial score (nSPS) is 18.4. The molecule has 1 fully saturated rings. The standard InChI is InChI=1S/C15H17N3O3/c1-9-4-6-18(7-5-9)15(21)16-10-2-3-11-12(8-10)14(20)17-13(11)19/h2-3,8-9H,4-7H2,1H3,(H,16,21)(H,17,19,20). The minimum absolute atomic E-state index is 0.161. The molecule has 0 atom stereocenters. The highest BCUT2D eigenvalue weighted by molar-refractivity contribution is 6.22. The number of benzene rings is 1. The van der Waals surface area contributed by atoms with Crippen LogP contribution in [0.2, 0.25) is 0 Å². The molecule has 2 heterocycles. The number of urea groups is 1. The molecule has 0 aliphatic carbocycles. The molecule has 0 aromatic heterocycles. The molecule has 0 bridgehead atoms. The predicted molar refractivity (Wildman–Crippen MR) is 77.2 cm³/mol. The number of piperidine rings is 1. The molecule has 2 N–H and O–H groups in total. The lowest BCUT2D eigenvalue weighted by Gasteiger charge is -2.30. The van der Waals surface area contributed by atoms with E-state index >= 15 is 0 Å². The first kappa shape index (κ1) is 13.6. The number of likely N-dealkylation sites (tertiary alicyclic amines) is 1. The third-order valence-electron chi connectivity index (χ3n) is 4.06. The van der Waals surface area contributed by atoms with E-state index in [1.165, 1.54) is 0 Å². The smallest absolute Gasteiger partial charge is 0.321 e. The highest BCUT2D eigenvalue weighted by Crippen LogP contribution is 2.21. The van der Waals surface area contributed by atoms with Crippen molar-refractivity contribution < 1.29 is 14.4 Å². The van der Waals surface area contributed by atoms with E-state index in [0.717, 1.165) is 25.9 Å². The number of anilines is 1. The fourth-order valence-corrected chi connectivity index (χ4v) is 2.66. The van der Waals surface area contributed by atoms with Gasteiger partial charge in [0.15, 0.2) is 0 Å². The summed E-state index contributed by atoms with van der Waals surface area (Å²) in [6.07, 6.45) is 2.02. The van der Waals surface area contributed by atoms with Crippen molar-refractivity contribution in [2.75, 3.05) is 18.4 Å². The van der Waals surface area contributed by atoms with Gasteiger partial charge in [0.2, 0.25) is 0 Å². The van der Waals surface area contributed by atoms with Gasteiger partial charge in [-0.15, -0.1) is 0 Å². The lowest BCUT2D eigenvalue weighted by atomic mass is 10.00. The van der Waals surface area contributed by atoms with E-state index in [-0.39, 0.29) is 6.03 Å². The SMILES string of the molecule is CC1CCN(C(=O)Nc2ccc3c(c2)C(=O)NC3=O)CC1. The van der Waals surface area contributed by atoms with Crippen LogP contribution in [0.25, 0.3) is 0 Å². The molecule has 1 saturated heterocycles. The minimum atomic E-state index is -0.419. The third-order valence-corrected chi connectivity index (χ3v) is 4.06. The molecule has 0 radical (unpaired) electrons. The molecule has 1 aromatic rings. The fraction of sp³-hybridized carbons (Fsp3) is 0.400. The van der Waals surface area contributed by atoms with Crippen LogP contribution in [0, 0.1) is 5.92 Å². The summed E-state index contributed by atoms with van der Waals surface area (Å²) in [7, 11) is 0. The quantitative estimate of drug-likeness (QED) is 0.773. The number of carbonyl (C=O) groups is 3. The zero-order valence-corrected chi connectivity index (χ0v) is 11.8. The molecule has 0 unspecified atom stereocenters. The average Bonchev–Trinajstić information content (AvgIpc) is 2.74. The summed E-state index contributed by atoms with van der Waals surface area (Å²) in [5.74, 6) is -0.153. The van der Waals surface area contributed by atoms with E-state index in [2.05, 4.69) is 17.6 Å². The zero-order chi connectivity index (χ0) is 15.0. The molecule has 0 saturated carbocycles. The highest BCUT2D eigenvalue weighted by atomic mass is 16.2. The lowest BCUT2D eigenvalue weighted by Crippen LogP contribution is -2.40. The van der Waals surface area contributed by atoms with Crippen molar-refractivity contribution in [1.29, 1.82) is 0 Å². The van der Waals surface area contributed by atoms with Crippen LogP contribution in [-0.2, 0) is 0 Å². The summed E-state index contributed by atoms with van der Waals surface area (Å²) in [5.41, 5.74) is 1.19. The van der Waals surface area contributed by atoms with Crippen LogP contribution in [0.1, 0.15) is 40.5 Å². The molecule has 2 aliphatic heterocycles. The van der Waals surface area contributed by atoms with E-state index in [1.54, 1.807) is 23.1 Å². The van der Waals surface area contributed by atoms with E-state index in [0.29, 0.717) is 22.7 Å². The van der Waals surface area contributed by atoms with Crippen LogP contribution in [0.4, 0.5) is 10.5 Å². The maximum Gasteiger partial charge on any atom is 0.321 e. The zero-order valence-electron chi connectivity index (χ0n) is 11.8. The van der Waals surface area contributed by atoms with E-state index in [9.17, 15) is 14.4 Å². The number of nitrogens with one attached hydrogen (secondary N) is 2. The van der Waals surface area contributed by atoms with Crippen molar-refractivity contribution in [2.45, 2.75) is 19.8 Å². The summed E-state index contributed by atoms with van der Waals surface area (Å²) in [6, 6.07) is 4.58. The number of rotatable bonds is 1. The van der Waals surface area contributed by atoms with Gasteiger partial charge >= 0.3 is 6.03 Å². The fourth-order valence-electron chi connectivity index (χ4n) is 2.66. The van der Waals surface area contributed by atoms with Crippen LogP contribution >= 0.6 is 0 Å². The van der Waals surface area contributed by atoms with E-state index in [1.807, 2.05) is 0 Å². The molecule has 110 valence electrons. The number of amides is 4. The second-order valence-electron chi connectivity index (χ2n) is 5.64. The minimum Gasteiger partial charge on any atom is -0.325 e. The molecule has 0 spiro atoms. The van der Waals surface area contributed by atoms with E-state index < -0.39 is 11.8 Å². The second-order valence-corrected chi connectivity index (χ2v) is 5.64. The van der Waals surface area contributed by atoms with Crippen LogP contribution in [-0.4, -0.2) is 35.8 Å². The first-order valence-electron chi connectivity index (χ1n) is 7.10. The molecule has 6 heteroatoms. The maximum atomic E-state index is 12.2. The molecule has 4 amide bonds. The Balaban J connectivity index is 1.71. The van der Waals surface area contributed by atoms with Crippen molar-refractivity contribution in [1.82, 2.24) is 10.2 Å². The van der Waals surface area contributed by atoms with Crippen molar-refractivity contribution in [3.8, 4) is 0 Å². The van der Waals surface area contributed by atoms with Gasteiger partial charge in [-0.05, 0) is 37.0 Å². The molecular weight excluding hydrogens is 270 g/mol. The largest absolute Gasteiger partial charge is 0.325 e. The van der Waals surface area contributed by atoms with Gasteiger partial charge in [-0.25, -0.2) is 4.79 Å². The van der Waals surface area contributed by atoms with Gasteiger partial charge in [0.1, 0.15) is 0 Å². The number of carbonyl (C=O) groups excluding carboxylic acids is 3. The molecule has 3 rings (SSSR count). The summed E-state index contributed by atoms with van der Waals surface area (Å²) >= 11 is 0. The molecule has 6 nitrogen and oxygen atoms in total. The monoisotopic (exact) mass is 287 g/mol. The number of nitrogens with zero attached hydrogens (tertiary/aromatic N) is 1. The molecule has 2 aliphatic rings. The Hall–Kier alpha value is -2.37. The number of hydrogen-bond acceptors (Lipinski definition) is 3. The van der Waals surface area contributed by atoms with Gasteiger partial charge in [0, 0.05) is 18.8 Å². The number of fused-ring (bicyclic) bond motifs is 1. The van der Waals surface area contributed by atoms with Crippen LogP contribution in [0.3, 0.4) is 0 Å². The number of hydrogen-bond donors (Lipinski definition) is 2. The van der Waals surface area contributed by atoms with Crippen molar-refractivity contribution in [3.63, 3.8) is 0 Å². The summed E-state index contributed by atoms with van der Waals surface area (Å²) in [4.78, 5) is 37.0. The summed E-state index contributed by atoms with van der Waals surface area (Å²) in [6.45, 7) is 3.68. The first-order chi connectivity index (χ1) is 10.0. The van der Waals surface area contributed by atoms with Crippen molar-refractivity contribution >= 4 is 23.5 Å². The Morgan fingerprint density at radius 2 is 1.86 bits per heavy atom. The molecule has 21 heavy (non-hydrogen) atoms. The van der Waals surface area contributed by atoms with E-state index in [4.69, 9.17) is 0 Å². The summed E-state index contributed by atoms with van der Waals surface area (Å²) < 4.78 is 0. The van der Waals surface area contributed by atoms with Crippen LogP contribution < -0.4 is 10.6 Å². The van der Waals surface area contributed by atoms with Crippen molar-refractivity contribution in [3.05, 3.63) is 29.3 Å². The van der Waals surface area contributed by atoms with Crippen LogP contribution in [0.15, 0.2) is 18.2 Å². The Morgan fingerprint density at radius 3 is 2.57 bits per heavy atom. The Bertz CT molecular complexity index is 619. The predicted octanol–water partition coefficient (Wildman–Crippen LogP) is 1.83. The Kier molecular flexibility index (Phi) is 3.37. The Labute approximate surface area is 122 Å². The topological polar surface area (TPSA) is 78.5 Å². The van der Waals surface area contributed by atoms with Gasteiger partial charge < -0.3 is 10.2 Å². The third kappa shape index (κ3) is 2.61.